The van der Waals surface area contributed by atoms with Crippen molar-refractivity contribution in [3.8, 4) is 11.1 Å². The molecule has 2 aromatic carbocycles. The molecule has 1 aliphatic rings. The second-order valence-corrected chi connectivity index (χ2v) is 7.78. The Labute approximate surface area is 185 Å². The number of amides is 1. The summed E-state index contributed by atoms with van der Waals surface area (Å²) in [5.74, 6) is -0.262. The fourth-order valence-electron chi connectivity index (χ4n) is 3.98. The number of aliphatic hydroxyl groups excluding tert-OH is 2. The van der Waals surface area contributed by atoms with Gasteiger partial charge in [0.25, 0.3) is 0 Å². The summed E-state index contributed by atoms with van der Waals surface area (Å²) in [5.41, 5.74) is 5.11. The molecule has 0 saturated heterocycles. The van der Waals surface area contributed by atoms with Crippen LogP contribution < -0.4 is 5.32 Å². The smallest absolute Gasteiger partial charge is 0.407 e. The van der Waals surface area contributed by atoms with Gasteiger partial charge in [-0.05, 0) is 35.2 Å². The predicted octanol–water partition coefficient (Wildman–Crippen LogP) is 3.22. The van der Waals surface area contributed by atoms with Gasteiger partial charge in [-0.25, -0.2) is 4.79 Å². The monoisotopic (exact) mass is 432 g/mol. The molecule has 2 unspecified atom stereocenters. The minimum absolute atomic E-state index is 0.0657. The third-order valence-electron chi connectivity index (χ3n) is 5.67. The Kier molecular flexibility index (Phi) is 6.30. The molecular weight excluding hydrogens is 408 g/mol. The van der Waals surface area contributed by atoms with E-state index in [1.807, 2.05) is 36.4 Å². The zero-order chi connectivity index (χ0) is 22.7. The van der Waals surface area contributed by atoms with Gasteiger partial charge in [-0.2, -0.15) is 0 Å². The summed E-state index contributed by atoms with van der Waals surface area (Å²) in [6.07, 6.45) is -0.531. The number of ketones is 1. The van der Waals surface area contributed by atoms with Gasteiger partial charge < -0.3 is 20.3 Å². The van der Waals surface area contributed by atoms with Gasteiger partial charge in [0.05, 0.1) is 0 Å². The van der Waals surface area contributed by atoms with Crippen LogP contribution >= 0.6 is 0 Å². The van der Waals surface area contributed by atoms with Crippen molar-refractivity contribution in [1.29, 1.82) is 0 Å². The Morgan fingerprint density at radius 2 is 1.66 bits per heavy atom. The van der Waals surface area contributed by atoms with E-state index >= 15 is 0 Å². The molecule has 2 atom stereocenters. The van der Waals surface area contributed by atoms with Gasteiger partial charge in [-0.15, -0.1) is 0 Å². The second kappa shape index (κ2) is 9.30. The van der Waals surface area contributed by atoms with Crippen molar-refractivity contribution in [2.24, 2.45) is 0 Å². The number of pyridine rings is 1. The number of hydrogen-bond donors (Lipinski definition) is 3. The van der Waals surface area contributed by atoms with Gasteiger partial charge in [0.15, 0.2) is 5.78 Å². The highest BCUT2D eigenvalue weighted by atomic mass is 16.5. The maximum atomic E-state index is 12.2. The van der Waals surface area contributed by atoms with Gasteiger partial charge in [0, 0.05) is 36.0 Å². The first-order chi connectivity index (χ1) is 15.5. The standard InChI is InChI=1S/C25H24N2O5/c1-15(28)16-10-17(12-26-11-16)24(30)23(29)13-27-25(31)32-14-22-20-8-4-2-6-18(20)19-7-3-5-9-21(19)22/h2-12,22-24,29-30H,13-14H2,1H3,(H,27,31). The van der Waals surface area contributed by atoms with Crippen molar-refractivity contribution < 1.29 is 24.5 Å². The van der Waals surface area contributed by atoms with Crippen molar-refractivity contribution in [2.75, 3.05) is 13.2 Å². The first kappa shape index (κ1) is 21.7. The number of aromatic nitrogens is 1. The first-order valence-corrected chi connectivity index (χ1v) is 10.4. The zero-order valence-electron chi connectivity index (χ0n) is 17.6. The molecule has 0 radical (unpaired) electrons. The van der Waals surface area contributed by atoms with E-state index in [1.54, 1.807) is 0 Å². The highest BCUT2D eigenvalue weighted by Gasteiger charge is 2.29. The van der Waals surface area contributed by atoms with Gasteiger partial charge in [0.2, 0.25) is 0 Å². The number of carbonyl (C=O) groups excluding carboxylic acids is 2. The van der Waals surface area contributed by atoms with Crippen LogP contribution in [0.3, 0.4) is 0 Å². The van der Waals surface area contributed by atoms with Crippen LogP contribution in [0.15, 0.2) is 67.0 Å². The van der Waals surface area contributed by atoms with Crippen LogP contribution in [0.1, 0.15) is 46.0 Å². The quantitative estimate of drug-likeness (QED) is 0.495. The molecule has 0 spiro atoms. The molecular formula is C25H24N2O5. The lowest BCUT2D eigenvalue weighted by Crippen LogP contribution is -2.36. The highest BCUT2D eigenvalue weighted by Crippen LogP contribution is 2.44. The second-order valence-electron chi connectivity index (χ2n) is 7.78. The molecule has 1 aliphatic carbocycles. The molecule has 1 amide bonds. The Morgan fingerprint density at radius 3 is 2.28 bits per heavy atom. The number of hydrogen-bond acceptors (Lipinski definition) is 6. The molecule has 0 bridgehead atoms. The van der Waals surface area contributed by atoms with Crippen LogP contribution in [-0.4, -0.2) is 46.3 Å². The van der Waals surface area contributed by atoms with Crippen LogP contribution in [0, 0.1) is 0 Å². The average Bonchev–Trinajstić information content (AvgIpc) is 3.14. The summed E-state index contributed by atoms with van der Waals surface area (Å²) in [6, 6.07) is 17.5. The third kappa shape index (κ3) is 4.39. The topological polar surface area (TPSA) is 109 Å². The molecule has 3 aromatic rings. The number of benzene rings is 2. The number of alkyl carbamates (subject to hydrolysis) is 1. The van der Waals surface area contributed by atoms with Crippen molar-refractivity contribution >= 4 is 11.9 Å². The van der Waals surface area contributed by atoms with Crippen LogP contribution in [-0.2, 0) is 4.74 Å². The minimum atomic E-state index is -1.31. The van der Waals surface area contributed by atoms with E-state index in [-0.39, 0.29) is 24.9 Å². The van der Waals surface area contributed by atoms with Gasteiger partial charge in [-0.3, -0.25) is 9.78 Å². The van der Waals surface area contributed by atoms with E-state index in [4.69, 9.17) is 4.74 Å². The normalized spacial score (nSPS) is 14.2. The van der Waals surface area contributed by atoms with Gasteiger partial charge in [-0.1, -0.05) is 48.5 Å². The molecule has 4 rings (SSSR count). The van der Waals surface area contributed by atoms with E-state index < -0.39 is 18.3 Å². The Morgan fingerprint density at radius 1 is 1.03 bits per heavy atom. The SMILES string of the molecule is CC(=O)c1cncc(C(O)C(O)CNC(=O)OCC2c3ccccc3-c3ccccc32)c1. The molecule has 0 fully saturated rings. The Bertz CT molecular complexity index is 1100. The average molecular weight is 432 g/mol. The van der Waals surface area contributed by atoms with E-state index in [1.165, 1.54) is 25.4 Å². The van der Waals surface area contributed by atoms with E-state index in [9.17, 15) is 19.8 Å². The molecule has 32 heavy (non-hydrogen) atoms. The van der Waals surface area contributed by atoms with E-state index in [2.05, 4.69) is 22.4 Å². The molecule has 7 nitrogen and oxygen atoms in total. The zero-order valence-corrected chi connectivity index (χ0v) is 17.6. The summed E-state index contributed by atoms with van der Waals surface area (Å²) >= 11 is 0. The lowest BCUT2D eigenvalue weighted by molar-refractivity contribution is 0.0183. The fraction of sp³-hybridized carbons (Fsp3) is 0.240. The number of rotatable bonds is 7. The third-order valence-corrected chi connectivity index (χ3v) is 5.67. The number of Topliss-reactive ketones (excluding diaryl/α,β-unsaturated/α-hetero) is 1. The van der Waals surface area contributed by atoms with E-state index in [0.717, 1.165) is 22.3 Å². The van der Waals surface area contributed by atoms with Crippen LogP contribution in [0.25, 0.3) is 11.1 Å². The minimum Gasteiger partial charge on any atom is -0.449 e. The lowest BCUT2D eigenvalue weighted by atomic mass is 9.98. The van der Waals surface area contributed by atoms with Crippen LogP contribution in [0.2, 0.25) is 0 Å². The number of aliphatic hydroxyl groups is 2. The molecule has 3 N–H and O–H groups in total. The van der Waals surface area contributed by atoms with Crippen molar-refractivity contribution in [2.45, 2.75) is 25.0 Å². The molecule has 0 saturated carbocycles. The van der Waals surface area contributed by atoms with Crippen molar-refractivity contribution in [3.05, 3.63) is 89.2 Å². The maximum Gasteiger partial charge on any atom is 0.407 e. The van der Waals surface area contributed by atoms with Gasteiger partial charge in [0.1, 0.15) is 18.8 Å². The largest absolute Gasteiger partial charge is 0.449 e. The summed E-state index contributed by atoms with van der Waals surface area (Å²) < 4.78 is 5.43. The number of carbonyl (C=O) groups is 2. The lowest BCUT2D eigenvalue weighted by Gasteiger charge is -2.19. The number of nitrogens with one attached hydrogen (secondary N) is 1. The van der Waals surface area contributed by atoms with Crippen molar-refractivity contribution in [1.82, 2.24) is 10.3 Å². The highest BCUT2D eigenvalue weighted by molar-refractivity contribution is 5.93. The number of fused-ring (bicyclic) bond motifs is 3. The van der Waals surface area contributed by atoms with Crippen molar-refractivity contribution in [3.63, 3.8) is 0 Å². The molecule has 7 heteroatoms. The Hall–Kier alpha value is -3.55. The number of nitrogens with zero attached hydrogens (tertiary/aromatic N) is 1. The summed E-state index contributed by atoms with van der Waals surface area (Å²) in [6.45, 7) is 1.33. The first-order valence-electron chi connectivity index (χ1n) is 10.4. The summed E-state index contributed by atoms with van der Waals surface area (Å²) in [7, 11) is 0. The maximum absolute atomic E-state index is 12.2. The molecule has 164 valence electrons. The van der Waals surface area contributed by atoms with Gasteiger partial charge >= 0.3 is 6.09 Å². The number of ether oxygens (including phenoxy) is 1. The fourth-order valence-corrected chi connectivity index (χ4v) is 3.98. The van der Waals surface area contributed by atoms with E-state index in [0.29, 0.717) is 11.1 Å². The molecule has 1 aromatic heterocycles. The predicted molar refractivity (Wildman–Crippen MR) is 118 cm³/mol. The summed E-state index contributed by atoms with van der Waals surface area (Å²) in [4.78, 5) is 27.6. The Balaban J connectivity index is 1.34. The molecule has 0 aliphatic heterocycles. The van der Waals surface area contributed by atoms with Crippen LogP contribution in [0.4, 0.5) is 4.79 Å². The summed E-state index contributed by atoms with van der Waals surface area (Å²) in [5, 5.41) is 23.1. The molecule has 1 heterocycles. The van der Waals surface area contributed by atoms with Crippen LogP contribution in [0.5, 0.6) is 0 Å².